The van der Waals surface area contributed by atoms with Crippen LogP contribution < -0.4 is 0 Å². The van der Waals surface area contributed by atoms with Crippen LogP contribution in [0.15, 0.2) is 11.2 Å². The number of urea groups is 1. The van der Waals surface area contributed by atoms with E-state index in [-0.39, 0.29) is 21.5 Å². The smallest absolute Gasteiger partial charge is 0.226 e. The number of imide groups is 1. The fourth-order valence-electron chi connectivity index (χ4n) is 1.60. The Hall–Kier alpha value is -0.580. The maximum atomic E-state index is 11.9. The van der Waals surface area contributed by atoms with E-state index < -0.39 is 6.03 Å². The molecule has 0 aromatic carbocycles. The van der Waals surface area contributed by atoms with Gasteiger partial charge in [-0.25, -0.2) is 9.59 Å². The van der Waals surface area contributed by atoms with Crippen LogP contribution in [0.1, 0.15) is 20.3 Å². The van der Waals surface area contributed by atoms with E-state index in [4.69, 9.17) is 23.4 Å². The van der Waals surface area contributed by atoms with Crippen LogP contribution in [0, 0.1) is 5.92 Å². The van der Waals surface area contributed by atoms with E-state index in [0.29, 0.717) is 6.54 Å². The molecule has 0 saturated carbocycles. The van der Waals surface area contributed by atoms with Gasteiger partial charge in [-0.15, -0.1) is 0 Å². The van der Waals surface area contributed by atoms with Crippen molar-refractivity contribution >= 4 is 35.3 Å². The van der Waals surface area contributed by atoms with Crippen molar-refractivity contribution in [3.05, 3.63) is 11.2 Å². The number of carbonyl (C=O) groups excluding carboxylic acids is 2. The number of halogens is 2. The maximum absolute atomic E-state index is 11.9. The number of nitrogens with zero attached hydrogens (tertiary/aromatic N) is 2. The molecule has 0 radical (unpaired) electrons. The van der Waals surface area contributed by atoms with Crippen LogP contribution >= 0.6 is 23.4 Å². The topological polar surface area (TPSA) is 37.4 Å². The molecule has 0 aliphatic carbocycles. The first-order valence-electron chi connectivity index (χ1n) is 5.10. The molecular weight excluding hydrogens is 251 g/mol. The van der Waals surface area contributed by atoms with Crippen molar-refractivity contribution in [2.45, 2.75) is 20.3 Å². The monoisotopic (exact) mass is 265 g/mol. The Bertz CT molecular complexity index is 357. The number of amides is 3. The standard InChI is InChI=1S/C10H15Cl2N2O2/c1-4-7(2)6-14(3)9(15)5-8(11)13(12)10(14)16/h5,7H,4,6H2,1-3H3/q+1. The second-order valence-electron chi connectivity index (χ2n) is 4.26. The fourth-order valence-corrected chi connectivity index (χ4v) is 1.98. The van der Waals surface area contributed by atoms with Crippen molar-refractivity contribution < 1.29 is 14.1 Å². The molecule has 0 aromatic heterocycles. The molecule has 0 fully saturated rings. The number of likely N-dealkylation sites (N-methyl/N-ethyl adjacent to an activating group) is 1. The zero-order chi connectivity index (χ0) is 12.5. The van der Waals surface area contributed by atoms with Gasteiger partial charge >= 0.3 is 11.9 Å². The summed E-state index contributed by atoms with van der Waals surface area (Å²) in [7, 11) is 1.56. The average Bonchev–Trinajstić information content (AvgIpc) is 2.24. The van der Waals surface area contributed by atoms with Crippen LogP contribution in [0.25, 0.3) is 0 Å². The third-order valence-electron chi connectivity index (χ3n) is 2.88. The highest BCUT2D eigenvalue weighted by Crippen LogP contribution is 2.27. The molecule has 2 atom stereocenters. The third kappa shape index (κ3) is 2.24. The van der Waals surface area contributed by atoms with Crippen LogP contribution in [-0.4, -0.2) is 34.4 Å². The molecule has 0 bridgehead atoms. The van der Waals surface area contributed by atoms with E-state index in [2.05, 4.69) is 0 Å². The van der Waals surface area contributed by atoms with Crippen LogP contribution in [0.2, 0.25) is 0 Å². The van der Waals surface area contributed by atoms with Gasteiger partial charge in [0.25, 0.3) is 0 Å². The predicted octanol–water partition coefficient (Wildman–Crippen LogP) is 2.68. The molecule has 2 unspecified atom stereocenters. The highest BCUT2D eigenvalue weighted by atomic mass is 35.5. The van der Waals surface area contributed by atoms with Crippen molar-refractivity contribution in [1.29, 1.82) is 0 Å². The lowest BCUT2D eigenvalue weighted by Crippen LogP contribution is -2.60. The van der Waals surface area contributed by atoms with E-state index in [1.165, 1.54) is 6.08 Å². The van der Waals surface area contributed by atoms with Crippen molar-refractivity contribution in [2.24, 2.45) is 5.92 Å². The minimum Gasteiger partial charge on any atom is -0.226 e. The van der Waals surface area contributed by atoms with Crippen LogP contribution in [0.5, 0.6) is 0 Å². The molecule has 0 N–H and O–H groups in total. The van der Waals surface area contributed by atoms with E-state index >= 15 is 0 Å². The molecule has 3 amide bonds. The predicted molar refractivity (Wildman–Crippen MR) is 62.5 cm³/mol. The highest BCUT2D eigenvalue weighted by Gasteiger charge is 2.47. The average molecular weight is 266 g/mol. The Morgan fingerprint density at radius 1 is 1.50 bits per heavy atom. The van der Waals surface area contributed by atoms with Crippen molar-refractivity contribution in [1.82, 2.24) is 4.42 Å². The summed E-state index contributed by atoms with van der Waals surface area (Å²) < 4.78 is 0.445. The molecule has 1 aliphatic heterocycles. The number of hydrogen-bond donors (Lipinski definition) is 0. The van der Waals surface area contributed by atoms with Gasteiger partial charge in [0.05, 0.1) is 19.7 Å². The summed E-state index contributed by atoms with van der Waals surface area (Å²) in [4.78, 5) is 23.8. The summed E-state index contributed by atoms with van der Waals surface area (Å²) in [6.45, 7) is 4.43. The van der Waals surface area contributed by atoms with Crippen molar-refractivity contribution in [3.63, 3.8) is 0 Å². The molecule has 90 valence electrons. The Morgan fingerprint density at radius 2 is 2.06 bits per heavy atom. The molecule has 16 heavy (non-hydrogen) atoms. The molecule has 6 heteroatoms. The molecular formula is C10H15Cl2N2O2+. The van der Waals surface area contributed by atoms with E-state index in [1.54, 1.807) is 7.05 Å². The minimum atomic E-state index is -0.500. The molecule has 1 heterocycles. The molecule has 0 saturated heterocycles. The largest absolute Gasteiger partial charge is 0.446 e. The number of quaternary nitrogens is 1. The summed E-state index contributed by atoms with van der Waals surface area (Å²) >= 11 is 11.4. The van der Waals surface area contributed by atoms with Crippen LogP contribution in [-0.2, 0) is 4.79 Å². The maximum Gasteiger partial charge on any atom is 0.446 e. The van der Waals surface area contributed by atoms with Gasteiger partial charge in [-0.3, -0.25) is 0 Å². The lowest BCUT2D eigenvalue weighted by Gasteiger charge is -2.34. The third-order valence-corrected chi connectivity index (χ3v) is 3.57. The van der Waals surface area contributed by atoms with Gasteiger partial charge in [-0.05, 0) is 6.42 Å². The summed E-state index contributed by atoms with van der Waals surface area (Å²) in [6, 6.07) is -0.500. The first-order valence-corrected chi connectivity index (χ1v) is 5.82. The van der Waals surface area contributed by atoms with Gasteiger partial charge in [-0.2, -0.15) is 8.90 Å². The van der Waals surface area contributed by atoms with Gasteiger partial charge in [0.1, 0.15) is 5.16 Å². The van der Waals surface area contributed by atoms with E-state index in [9.17, 15) is 9.59 Å². The van der Waals surface area contributed by atoms with Gasteiger partial charge in [-0.1, -0.05) is 25.4 Å². The molecule has 0 aromatic rings. The quantitative estimate of drug-likeness (QED) is 0.447. The van der Waals surface area contributed by atoms with Crippen molar-refractivity contribution in [2.75, 3.05) is 13.6 Å². The molecule has 1 rings (SSSR count). The fraction of sp³-hybridized carbons (Fsp3) is 0.600. The lowest BCUT2D eigenvalue weighted by atomic mass is 10.1. The second kappa shape index (κ2) is 4.73. The summed E-state index contributed by atoms with van der Waals surface area (Å²) in [5, 5.41) is -0.0450. The van der Waals surface area contributed by atoms with Gasteiger partial charge in [0.2, 0.25) is 0 Å². The van der Waals surface area contributed by atoms with Gasteiger partial charge in [0, 0.05) is 17.7 Å². The first-order chi connectivity index (χ1) is 7.32. The Morgan fingerprint density at radius 3 is 2.56 bits per heavy atom. The van der Waals surface area contributed by atoms with E-state index in [1.807, 2.05) is 13.8 Å². The Balaban J connectivity index is 3.03. The minimum absolute atomic E-state index is 0.0450. The van der Waals surface area contributed by atoms with Crippen molar-refractivity contribution in [3.8, 4) is 0 Å². The first kappa shape index (κ1) is 13.5. The second-order valence-corrected chi connectivity index (χ2v) is 4.98. The normalized spacial score (nSPS) is 28.1. The molecule has 1 aliphatic rings. The number of hydrogen-bond acceptors (Lipinski definition) is 2. The van der Waals surface area contributed by atoms with Gasteiger partial charge < -0.3 is 0 Å². The van der Waals surface area contributed by atoms with Gasteiger partial charge in [0.15, 0.2) is 0 Å². The Kier molecular flexibility index (Phi) is 3.99. The lowest BCUT2D eigenvalue weighted by molar-refractivity contribution is -0.757. The highest BCUT2D eigenvalue weighted by molar-refractivity contribution is 6.38. The summed E-state index contributed by atoms with van der Waals surface area (Å²) in [5.74, 6) is -0.0690. The number of rotatable bonds is 3. The zero-order valence-corrected chi connectivity index (χ0v) is 11.0. The van der Waals surface area contributed by atoms with E-state index in [0.717, 1.165) is 10.8 Å². The Labute approximate surface area is 105 Å². The van der Waals surface area contributed by atoms with Crippen LogP contribution in [0.3, 0.4) is 0 Å². The molecule has 0 spiro atoms. The number of carbonyl (C=O) groups is 2. The molecule has 4 nitrogen and oxygen atoms in total. The summed E-state index contributed by atoms with van der Waals surface area (Å²) in [5.41, 5.74) is 0. The summed E-state index contributed by atoms with van der Waals surface area (Å²) in [6.07, 6.45) is 2.09. The zero-order valence-electron chi connectivity index (χ0n) is 9.54. The van der Waals surface area contributed by atoms with Crippen LogP contribution in [0.4, 0.5) is 4.79 Å². The SMILES string of the molecule is CCC(C)C[N+]1(C)C(=O)C=C(Cl)N(Cl)C1=O.